The second-order valence-corrected chi connectivity index (χ2v) is 5.43. The topological polar surface area (TPSA) is 62.5 Å². The molecule has 0 spiro atoms. The van der Waals surface area contributed by atoms with E-state index >= 15 is 0 Å². The molecule has 0 aliphatic carbocycles. The first-order chi connectivity index (χ1) is 10.1. The fourth-order valence-corrected chi connectivity index (χ4v) is 2.19. The van der Waals surface area contributed by atoms with Gasteiger partial charge in [-0.1, -0.05) is 13.8 Å². The van der Waals surface area contributed by atoms with Crippen LogP contribution in [0.2, 0.25) is 0 Å². The smallest absolute Gasteiger partial charge is 0.180 e. The SMILES string of the molecule is CC(C)CNc1nccn2c(-c3ccc(O)cc3)cnc12. The van der Waals surface area contributed by atoms with E-state index in [-0.39, 0.29) is 5.75 Å². The highest BCUT2D eigenvalue weighted by Gasteiger charge is 2.10. The molecule has 21 heavy (non-hydrogen) atoms. The summed E-state index contributed by atoms with van der Waals surface area (Å²) < 4.78 is 2.00. The van der Waals surface area contributed by atoms with Crippen LogP contribution in [0.4, 0.5) is 5.82 Å². The second-order valence-electron chi connectivity index (χ2n) is 5.43. The molecular weight excluding hydrogens is 264 g/mol. The average Bonchev–Trinajstić information content (AvgIpc) is 2.90. The summed E-state index contributed by atoms with van der Waals surface area (Å²) in [5.41, 5.74) is 2.78. The van der Waals surface area contributed by atoms with Crippen LogP contribution >= 0.6 is 0 Å². The number of nitrogens with zero attached hydrogens (tertiary/aromatic N) is 3. The maximum absolute atomic E-state index is 9.39. The predicted octanol–water partition coefficient (Wildman–Crippen LogP) is 3.17. The molecule has 0 saturated carbocycles. The maximum Gasteiger partial charge on any atom is 0.180 e. The van der Waals surface area contributed by atoms with Crippen molar-refractivity contribution in [3.8, 4) is 17.0 Å². The van der Waals surface area contributed by atoms with Gasteiger partial charge in [0.05, 0.1) is 11.9 Å². The Morgan fingerprint density at radius 3 is 2.67 bits per heavy atom. The number of benzene rings is 1. The Labute approximate surface area is 123 Å². The molecule has 3 aromatic rings. The third-order valence-corrected chi connectivity index (χ3v) is 3.27. The van der Waals surface area contributed by atoms with Crippen LogP contribution in [0.25, 0.3) is 16.9 Å². The van der Waals surface area contributed by atoms with Crippen LogP contribution in [0.3, 0.4) is 0 Å². The Bertz CT molecular complexity index is 747. The zero-order valence-corrected chi connectivity index (χ0v) is 12.1. The lowest BCUT2D eigenvalue weighted by molar-refractivity contribution is 0.475. The molecule has 0 radical (unpaired) electrons. The van der Waals surface area contributed by atoms with Gasteiger partial charge < -0.3 is 10.4 Å². The molecule has 108 valence electrons. The minimum absolute atomic E-state index is 0.258. The van der Waals surface area contributed by atoms with E-state index in [1.165, 1.54) is 0 Å². The summed E-state index contributed by atoms with van der Waals surface area (Å²) in [5.74, 6) is 1.59. The van der Waals surface area contributed by atoms with Crippen molar-refractivity contribution in [1.82, 2.24) is 14.4 Å². The number of imidazole rings is 1. The molecule has 0 amide bonds. The molecule has 3 rings (SSSR count). The number of phenols is 1. The quantitative estimate of drug-likeness (QED) is 0.771. The zero-order chi connectivity index (χ0) is 14.8. The molecule has 0 aliphatic rings. The number of phenolic OH excluding ortho intramolecular Hbond substituents is 1. The molecule has 0 atom stereocenters. The van der Waals surface area contributed by atoms with Crippen LogP contribution in [0, 0.1) is 5.92 Å². The van der Waals surface area contributed by atoms with Crippen molar-refractivity contribution in [2.45, 2.75) is 13.8 Å². The third kappa shape index (κ3) is 2.67. The van der Waals surface area contributed by atoms with Gasteiger partial charge >= 0.3 is 0 Å². The molecule has 0 bridgehead atoms. The van der Waals surface area contributed by atoms with Crippen molar-refractivity contribution in [1.29, 1.82) is 0 Å². The van der Waals surface area contributed by atoms with Crippen molar-refractivity contribution in [2.75, 3.05) is 11.9 Å². The van der Waals surface area contributed by atoms with Crippen LogP contribution < -0.4 is 5.32 Å². The van der Waals surface area contributed by atoms with Gasteiger partial charge in [-0.3, -0.25) is 4.40 Å². The summed E-state index contributed by atoms with van der Waals surface area (Å²) in [6.45, 7) is 5.16. The lowest BCUT2D eigenvalue weighted by Crippen LogP contribution is -2.10. The molecule has 0 aliphatic heterocycles. The highest BCUT2D eigenvalue weighted by atomic mass is 16.3. The third-order valence-electron chi connectivity index (χ3n) is 3.27. The molecule has 0 unspecified atom stereocenters. The van der Waals surface area contributed by atoms with Gasteiger partial charge in [-0.25, -0.2) is 9.97 Å². The number of aromatic nitrogens is 3. The fraction of sp³-hybridized carbons (Fsp3) is 0.250. The highest BCUT2D eigenvalue weighted by Crippen LogP contribution is 2.24. The van der Waals surface area contributed by atoms with Crippen LogP contribution in [0.15, 0.2) is 42.9 Å². The number of anilines is 1. The van der Waals surface area contributed by atoms with Gasteiger partial charge in [0.15, 0.2) is 11.5 Å². The van der Waals surface area contributed by atoms with Crippen molar-refractivity contribution in [2.24, 2.45) is 5.92 Å². The maximum atomic E-state index is 9.39. The van der Waals surface area contributed by atoms with E-state index < -0.39 is 0 Å². The largest absolute Gasteiger partial charge is 0.508 e. The van der Waals surface area contributed by atoms with E-state index in [0.717, 1.165) is 29.3 Å². The van der Waals surface area contributed by atoms with Gasteiger partial charge in [-0.15, -0.1) is 0 Å². The molecular formula is C16H18N4O. The molecule has 2 aromatic heterocycles. The van der Waals surface area contributed by atoms with Gasteiger partial charge in [-0.05, 0) is 30.2 Å². The summed E-state index contributed by atoms with van der Waals surface area (Å²) in [4.78, 5) is 8.84. The number of nitrogens with one attached hydrogen (secondary N) is 1. The number of hydrogen-bond acceptors (Lipinski definition) is 4. The Hall–Kier alpha value is -2.56. The van der Waals surface area contributed by atoms with Crippen molar-refractivity contribution in [3.63, 3.8) is 0 Å². The number of aromatic hydroxyl groups is 1. The summed E-state index contributed by atoms with van der Waals surface area (Å²) >= 11 is 0. The van der Waals surface area contributed by atoms with E-state index in [2.05, 4.69) is 29.1 Å². The Kier molecular flexibility index (Phi) is 3.48. The van der Waals surface area contributed by atoms with E-state index in [0.29, 0.717) is 5.92 Å². The molecule has 2 N–H and O–H groups in total. The van der Waals surface area contributed by atoms with E-state index in [9.17, 15) is 5.11 Å². The normalized spacial score (nSPS) is 11.2. The summed E-state index contributed by atoms with van der Waals surface area (Å²) in [7, 11) is 0. The highest BCUT2D eigenvalue weighted by molar-refractivity contribution is 5.70. The molecule has 5 nitrogen and oxygen atoms in total. The number of rotatable bonds is 4. The first-order valence-corrected chi connectivity index (χ1v) is 7.00. The standard InChI is InChI=1S/C16H18N4O/c1-11(2)9-18-15-16-19-10-14(20(16)8-7-17-15)12-3-5-13(21)6-4-12/h3-8,10-11,21H,9H2,1-2H3,(H,17,18). The summed E-state index contributed by atoms with van der Waals surface area (Å²) in [5, 5.41) is 12.7. The lowest BCUT2D eigenvalue weighted by Gasteiger charge is -2.09. The van der Waals surface area contributed by atoms with Crippen LogP contribution in [0.5, 0.6) is 5.75 Å². The van der Waals surface area contributed by atoms with Crippen LogP contribution in [-0.4, -0.2) is 26.0 Å². The Morgan fingerprint density at radius 2 is 1.95 bits per heavy atom. The monoisotopic (exact) mass is 282 g/mol. The van der Waals surface area contributed by atoms with E-state index in [1.807, 2.05) is 28.9 Å². The van der Waals surface area contributed by atoms with Gasteiger partial charge in [0, 0.05) is 24.5 Å². The molecule has 5 heteroatoms. The number of hydrogen-bond donors (Lipinski definition) is 2. The predicted molar refractivity (Wildman–Crippen MR) is 83.4 cm³/mol. The lowest BCUT2D eigenvalue weighted by atomic mass is 10.1. The van der Waals surface area contributed by atoms with Gasteiger partial charge in [0.1, 0.15) is 5.75 Å². The van der Waals surface area contributed by atoms with E-state index in [4.69, 9.17) is 0 Å². The summed E-state index contributed by atoms with van der Waals surface area (Å²) in [6, 6.07) is 7.10. The van der Waals surface area contributed by atoms with Crippen molar-refractivity contribution in [3.05, 3.63) is 42.9 Å². The average molecular weight is 282 g/mol. The first kappa shape index (κ1) is 13.4. The molecule has 0 saturated heterocycles. The first-order valence-electron chi connectivity index (χ1n) is 7.00. The van der Waals surface area contributed by atoms with Crippen molar-refractivity contribution < 1.29 is 5.11 Å². The molecule has 0 fully saturated rings. The minimum Gasteiger partial charge on any atom is -0.508 e. The van der Waals surface area contributed by atoms with Gasteiger partial charge in [0.25, 0.3) is 0 Å². The van der Waals surface area contributed by atoms with E-state index in [1.54, 1.807) is 18.3 Å². The zero-order valence-electron chi connectivity index (χ0n) is 12.1. The Balaban J connectivity index is 2.02. The van der Waals surface area contributed by atoms with Crippen LogP contribution in [0.1, 0.15) is 13.8 Å². The Morgan fingerprint density at radius 1 is 1.19 bits per heavy atom. The molecule has 1 aromatic carbocycles. The second kappa shape index (κ2) is 5.44. The van der Waals surface area contributed by atoms with Crippen LogP contribution in [-0.2, 0) is 0 Å². The van der Waals surface area contributed by atoms with Crippen molar-refractivity contribution >= 4 is 11.5 Å². The van der Waals surface area contributed by atoms with Gasteiger partial charge in [-0.2, -0.15) is 0 Å². The fourth-order valence-electron chi connectivity index (χ4n) is 2.19. The molecule has 2 heterocycles. The minimum atomic E-state index is 0.258. The van der Waals surface area contributed by atoms with Gasteiger partial charge in [0.2, 0.25) is 0 Å². The number of fused-ring (bicyclic) bond motifs is 1. The summed E-state index contributed by atoms with van der Waals surface area (Å²) in [6.07, 6.45) is 5.48.